The highest BCUT2D eigenvalue weighted by atomic mass is 35.5. The van der Waals surface area contributed by atoms with Crippen LogP contribution in [0.2, 0.25) is 5.02 Å². The van der Waals surface area contributed by atoms with Gasteiger partial charge in [-0.2, -0.15) is 0 Å². The van der Waals surface area contributed by atoms with Crippen molar-refractivity contribution in [3.63, 3.8) is 0 Å². The molecule has 0 unspecified atom stereocenters. The highest BCUT2D eigenvalue weighted by Gasteiger charge is 2.29. The molecule has 0 spiro atoms. The third-order valence-electron chi connectivity index (χ3n) is 4.85. The standard InChI is InChI=1S/C20H24ClN3O3/c1-14-7-8-17(27-14)13-24(16-9-11-23(12-10-16)15(2)25)20(26)22-19-6-4-3-5-18(19)21/h3-8,16H,9-13H2,1-2H3,(H,22,26). The molecule has 1 aromatic heterocycles. The van der Waals surface area contributed by atoms with Crippen LogP contribution in [0.15, 0.2) is 40.8 Å². The molecule has 27 heavy (non-hydrogen) atoms. The van der Waals surface area contributed by atoms with Crippen molar-refractivity contribution in [3.8, 4) is 0 Å². The smallest absolute Gasteiger partial charge is 0.322 e. The molecule has 1 aliphatic rings. The van der Waals surface area contributed by atoms with E-state index in [0.29, 0.717) is 30.3 Å². The zero-order valence-electron chi connectivity index (χ0n) is 15.6. The van der Waals surface area contributed by atoms with Gasteiger partial charge < -0.3 is 19.5 Å². The van der Waals surface area contributed by atoms with Crippen LogP contribution in [-0.2, 0) is 11.3 Å². The van der Waals surface area contributed by atoms with E-state index in [4.69, 9.17) is 16.0 Å². The maximum absolute atomic E-state index is 13.0. The van der Waals surface area contributed by atoms with Gasteiger partial charge in [0, 0.05) is 26.1 Å². The molecule has 2 aromatic rings. The van der Waals surface area contributed by atoms with E-state index in [1.165, 1.54) is 0 Å². The number of nitrogens with zero attached hydrogens (tertiary/aromatic N) is 2. The molecular weight excluding hydrogens is 366 g/mol. The summed E-state index contributed by atoms with van der Waals surface area (Å²) in [7, 11) is 0. The van der Waals surface area contributed by atoms with E-state index in [1.54, 1.807) is 24.0 Å². The van der Waals surface area contributed by atoms with Gasteiger partial charge in [-0.15, -0.1) is 0 Å². The predicted molar refractivity (Wildman–Crippen MR) is 105 cm³/mol. The van der Waals surface area contributed by atoms with Gasteiger partial charge in [-0.1, -0.05) is 23.7 Å². The topological polar surface area (TPSA) is 65.8 Å². The quantitative estimate of drug-likeness (QED) is 0.848. The lowest BCUT2D eigenvalue weighted by atomic mass is 10.0. The summed E-state index contributed by atoms with van der Waals surface area (Å²) in [4.78, 5) is 28.2. The number of amides is 3. The number of anilines is 1. The number of piperidine rings is 1. The number of carbonyl (C=O) groups excluding carboxylic acids is 2. The highest BCUT2D eigenvalue weighted by molar-refractivity contribution is 6.33. The number of hydrogen-bond donors (Lipinski definition) is 1. The molecule has 0 saturated carbocycles. The van der Waals surface area contributed by atoms with Crippen LogP contribution < -0.4 is 5.32 Å². The minimum atomic E-state index is -0.224. The number of rotatable bonds is 4. The highest BCUT2D eigenvalue weighted by Crippen LogP contribution is 2.24. The summed E-state index contributed by atoms with van der Waals surface area (Å²) >= 11 is 6.18. The first kappa shape index (κ1) is 19.3. The number of halogens is 1. The van der Waals surface area contributed by atoms with Gasteiger partial charge in [0.1, 0.15) is 11.5 Å². The fourth-order valence-electron chi connectivity index (χ4n) is 3.35. The van der Waals surface area contributed by atoms with Crippen molar-refractivity contribution in [1.29, 1.82) is 0 Å². The van der Waals surface area contributed by atoms with Gasteiger partial charge in [-0.3, -0.25) is 4.79 Å². The van der Waals surface area contributed by atoms with Gasteiger partial charge in [-0.25, -0.2) is 4.79 Å². The van der Waals surface area contributed by atoms with Crippen molar-refractivity contribution < 1.29 is 14.0 Å². The molecule has 0 atom stereocenters. The first-order chi connectivity index (χ1) is 12.9. The second-order valence-electron chi connectivity index (χ2n) is 6.79. The van der Waals surface area contributed by atoms with E-state index in [0.717, 1.165) is 24.4 Å². The van der Waals surface area contributed by atoms with Crippen molar-refractivity contribution in [3.05, 3.63) is 52.9 Å². The average Bonchev–Trinajstić information content (AvgIpc) is 3.06. The van der Waals surface area contributed by atoms with Gasteiger partial charge in [0.15, 0.2) is 0 Å². The predicted octanol–water partition coefficient (Wildman–Crippen LogP) is 4.29. The Kier molecular flexibility index (Phi) is 6.06. The fourth-order valence-corrected chi connectivity index (χ4v) is 3.53. The first-order valence-corrected chi connectivity index (χ1v) is 9.45. The third-order valence-corrected chi connectivity index (χ3v) is 5.18. The van der Waals surface area contributed by atoms with Crippen LogP contribution in [0, 0.1) is 6.92 Å². The maximum atomic E-state index is 13.0. The molecule has 0 radical (unpaired) electrons. The number of carbonyl (C=O) groups is 2. The van der Waals surface area contributed by atoms with Crippen LogP contribution in [0.3, 0.4) is 0 Å². The maximum Gasteiger partial charge on any atom is 0.322 e. The monoisotopic (exact) mass is 389 g/mol. The Morgan fingerprint density at radius 2 is 1.93 bits per heavy atom. The van der Waals surface area contributed by atoms with E-state index >= 15 is 0 Å². The van der Waals surface area contributed by atoms with Crippen LogP contribution >= 0.6 is 11.6 Å². The molecular formula is C20H24ClN3O3. The lowest BCUT2D eigenvalue weighted by Gasteiger charge is -2.38. The third kappa shape index (κ3) is 4.83. The average molecular weight is 390 g/mol. The second-order valence-corrected chi connectivity index (χ2v) is 7.19. The van der Waals surface area contributed by atoms with E-state index in [9.17, 15) is 9.59 Å². The van der Waals surface area contributed by atoms with Crippen LogP contribution in [-0.4, -0.2) is 40.9 Å². The minimum absolute atomic E-state index is 0.0218. The van der Waals surface area contributed by atoms with E-state index < -0.39 is 0 Å². The molecule has 0 aliphatic carbocycles. The largest absolute Gasteiger partial charge is 0.464 e. The summed E-state index contributed by atoms with van der Waals surface area (Å²) in [5.74, 6) is 1.61. The van der Waals surface area contributed by atoms with Crippen molar-refractivity contribution >= 4 is 29.2 Å². The lowest BCUT2D eigenvalue weighted by Crippen LogP contribution is -2.49. The van der Waals surface area contributed by atoms with Crippen molar-refractivity contribution in [2.45, 2.75) is 39.3 Å². The molecule has 6 nitrogen and oxygen atoms in total. The molecule has 7 heteroatoms. The minimum Gasteiger partial charge on any atom is -0.464 e. The Balaban J connectivity index is 1.76. The Bertz CT molecular complexity index is 812. The molecule has 3 amide bonds. The summed E-state index contributed by atoms with van der Waals surface area (Å²) in [6.07, 6.45) is 1.46. The Hall–Kier alpha value is -2.47. The number of aryl methyl sites for hydroxylation is 1. The van der Waals surface area contributed by atoms with Crippen LogP contribution in [0.1, 0.15) is 31.3 Å². The molecule has 1 aromatic carbocycles. The summed E-state index contributed by atoms with van der Waals surface area (Å²) in [6.45, 7) is 5.12. The summed E-state index contributed by atoms with van der Waals surface area (Å²) < 4.78 is 5.68. The Morgan fingerprint density at radius 1 is 1.22 bits per heavy atom. The zero-order valence-corrected chi connectivity index (χ0v) is 16.3. The number of furan rings is 1. The molecule has 2 heterocycles. The lowest BCUT2D eigenvalue weighted by molar-refractivity contribution is -0.130. The summed E-state index contributed by atoms with van der Waals surface area (Å²) in [5, 5.41) is 3.39. The number of para-hydroxylation sites is 1. The zero-order chi connectivity index (χ0) is 19.4. The number of likely N-dealkylation sites (tertiary alicyclic amines) is 1. The molecule has 144 valence electrons. The fraction of sp³-hybridized carbons (Fsp3) is 0.400. The van der Waals surface area contributed by atoms with Gasteiger partial charge in [0.2, 0.25) is 5.91 Å². The molecule has 1 N–H and O–H groups in total. The molecule has 3 rings (SSSR count). The first-order valence-electron chi connectivity index (χ1n) is 9.07. The Labute approximate surface area is 164 Å². The van der Waals surface area contributed by atoms with Crippen molar-refractivity contribution in [2.24, 2.45) is 0 Å². The van der Waals surface area contributed by atoms with Gasteiger partial charge in [-0.05, 0) is 44.0 Å². The van der Waals surface area contributed by atoms with Gasteiger partial charge in [0.05, 0.1) is 17.3 Å². The van der Waals surface area contributed by atoms with E-state index in [-0.39, 0.29) is 18.0 Å². The number of urea groups is 1. The number of nitrogens with one attached hydrogen (secondary N) is 1. The Morgan fingerprint density at radius 3 is 2.52 bits per heavy atom. The van der Waals surface area contributed by atoms with Gasteiger partial charge in [0.25, 0.3) is 0 Å². The van der Waals surface area contributed by atoms with Crippen LogP contribution in [0.25, 0.3) is 0 Å². The van der Waals surface area contributed by atoms with Gasteiger partial charge >= 0.3 is 6.03 Å². The summed E-state index contributed by atoms with van der Waals surface area (Å²) in [5.41, 5.74) is 0.575. The molecule has 1 saturated heterocycles. The van der Waals surface area contributed by atoms with Crippen molar-refractivity contribution in [1.82, 2.24) is 9.80 Å². The molecule has 0 bridgehead atoms. The summed E-state index contributed by atoms with van der Waals surface area (Å²) in [6, 6.07) is 10.7. The molecule has 1 fully saturated rings. The van der Waals surface area contributed by atoms with Crippen LogP contribution in [0.5, 0.6) is 0 Å². The van der Waals surface area contributed by atoms with Crippen molar-refractivity contribution in [2.75, 3.05) is 18.4 Å². The van der Waals surface area contributed by atoms with Crippen LogP contribution in [0.4, 0.5) is 10.5 Å². The number of benzene rings is 1. The molecule has 1 aliphatic heterocycles. The number of hydrogen-bond acceptors (Lipinski definition) is 3. The van der Waals surface area contributed by atoms with E-state index in [1.807, 2.05) is 36.1 Å². The van der Waals surface area contributed by atoms with E-state index in [2.05, 4.69) is 5.32 Å². The second kappa shape index (κ2) is 8.48. The normalized spacial score (nSPS) is 14.9. The SMILES string of the molecule is CC(=O)N1CCC(N(Cc2ccc(C)o2)C(=O)Nc2ccccc2Cl)CC1.